The number of rotatable bonds is 5. The van der Waals surface area contributed by atoms with Crippen LogP contribution < -0.4 is 5.30 Å². The summed E-state index contributed by atoms with van der Waals surface area (Å²) in [5, 5.41) is 2.04. The highest BCUT2D eigenvalue weighted by Gasteiger charge is 2.37. The van der Waals surface area contributed by atoms with Crippen molar-refractivity contribution in [2.24, 2.45) is 0 Å². The van der Waals surface area contributed by atoms with Crippen LogP contribution in [-0.4, -0.2) is 10.3 Å². The van der Waals surface area contributed by atoms with Crippen molar-refractivity contribution in [2.75, 3.05) is 0 Å². The van der Waals surface area contributed by atoms with Gasteiger partial charge in [-0.15, -0.1) is 0 Å². The Morgan fingerprint density at radius 2 is 1.24 bits per heavy atom. The van der Waals surface area contributed by atoms with E-state index in [0.717, 1.165) is 6.42 Å². The van der Waals surface area contributed by atoms with Crippen molar-refractivity contribution < 1.29 is 0 Å². The van der Waals surface area contributed by atoms with E-state index in [9.17, 15) is 0 Å². The summed E-state index contributed by atoms with van der Waals surface area (Å²) in [6, 6.07) is 14.1. The highest BCUT2D eigenvalue weighted by atomic mass is 31.1. The topological polar surface area (TPSA) is 0 Å². The molecule has 0 fully saturated rings. The average Bonchev–Trinajstić information content (AvgIpc) is 2.58. The summed E-state index contributed by atoms with van der Waals surface area (Å²) in [6.07, 6.45) is 0.845. The van der Waals surface area contributed by atoms with Gasteiger partial charge in [-0.2, -0.15) is 0 Å². The summed E-state index contributed by atoms with van der Waals surface area (Å²) >= 11 is 0. The molecule has 0 nitrogen and oxygen atoms in total. The van der Waals surface area contributed by atoms with Gasteiger partial charge < -0.3 is 0 Å². The van der Waals surface area contributed by atoms with Crippen molar-refractivity contribution in [3.63, 3.8) is 0 Å². The van der Waals surface area contributed by atoms with Crippen molar-refractivity contribution >= 4 is 13.2 Å². The Bertz CT molecular complexity index is 785. The Labute approximate surface area is 182 Å². The predicted octanol–water partition coefficient (Wildman–Crippen LogP) is 8.68. The molecule has 0 amide bonds. The lowest BCUT2D eigenvalue weighted by Crippen LogP contribution is -2.32. The van der Waals surface area contributed by atoms with Crippen LogP contribution >= 0.6 is 7.92 Å². The molecule has 0 heterocycles. The van der Waals surface area contributed by atoms with E-state index in [0.29, 0.717) is 11.8 Å². The third-order valence-electron chi connectivity index (χ3n) is 5.55. The molecule has 0 spiro atoms. The first-order chi connectivity index (χ1) is 13.3. The number of hydrogen-bond acceptors (Lipinski definition) is 0. The van der Waals surface area contributed by atoms with E-state index in [2.05, 4.69) is 113 Å². The van der Waals surface area contributed by atoms with Crippen LogP contribution in [0.25, 0.3) is 11.1 Å². The largest absolute Gasteiger partial charge is 0.0636 e. The van der Waals surface area contributed by atoms with Gasteiger partial charge in [-0.3, -0.25) is 0 Å². The van der Waals surface area contributed by atoms with Crippen molar-refractivity contribution in [3.05, 3.63) is 60.0 Å². The van der Waals surface area contributed by atoms with Gasteiger partial charge in [0.25, 0.3) is 0 Å². The number of hydrogen-bond donors (Lipinski definition) is 0. The van der Waals surface area contributed by atoms with Gasteiger partial charge in [0.15, 0.2) is 0 Å². The summed E-state index contributed by atoms with van der Waals surface area (Å²) in [5.41, 5.74) is 7.22. The maximum absolute atomic E-state index is 4.17. The zero-order valence-electron chi connectivity index (χ0n) is 20.5. The summed E-state index contributed by atoms with van der Waals surface area (Å²) in [5.74, 6) is 0.968. The summed E-state index contributed by atoms with van der Waals surface area (Å²) in [7, 11) is -0.369. The van der Waals surface area contributed by atoms with Crippen molar-refractivity contribution in [1.29, 1.82) is 0 Å². The smallest absolute Gasteiger partial charge is 0.0101 e. The molecular weight excluding hydrogens is 367 g/mol. The van der Waals surface area contributed by atoms with E-state index in [4.69, 9.17) is 0 Å². The van der Waals surface area contributed by atoms with Crippen molar-refractivity contribution in [3.8, 4) is 11.1 Å². The molecule has 1 radical (unpaired) electrons. The summed E-state index contributed by atoms with van der Waals surface area (Å²) in [4.78, 5) is 0. The van der Waals surface area contributed by atoms with Crippen LogP contribution in [0.5, 0.6) is 0 Å². The van der Waals surface area contributed by atoms with E-state index < -0.39 is 0 Å². The molecule has 0 aliphatic heterocycles. The van der Waals surface area contributed by atoms with Crippen molar-refractivity contribution in [1.82, 2.24) is 0 Å². The van der Waals surface area contributed by atoms with Gasteiger partial charge in [-0.1, -0.05) is 114 Å². The Morgan fingerprint density at radius 1 is 0.793 bits per heavy atom. The van der Waals surface area contributed by atoms with Crippen molar-refractivity contribution in [2.45, 2.75) is 97.8 Å². The van der Waals surface area contributed by atoms with Gasteiger partial charge in [0.05, 0.1) is 0 Å². The molecule has 0 bridgehead atoms. The van der Waals surface area contributed by atoms with Gasteiger partial charge in [-0.25, -0.2) is 0 Å². The maximum atomic E-state index is 4.17. The van der Waals surface area contributed by atoms with E-state index in [1.54, 1.807) is 5.30 Å². The first-order valence-corrected chi connectivity index (χ1v) is 12.5. The molecule has 0 saturated carbocycles. The fraction of sp³-hybridized carbons (Fsp3) is 0.536. The molecule has 0 aliphatic carbocycles. The molecular formula is C28H42P. The second kappa shape index (κ2) is 8.93. The molecule has 2 rings (SSSR count). The Kier molecular flexibility index (Phi) is 7.44. The van der Waals surface area contributed by atoms with Gasteiger partial charge >= 0.3 is 0 Å². The Morgan fingerprint density at radius 3 is 1.62 bits per heavy atom. The molecule has 0 saturated heterocycles. The van der Waals surface area contributed by atoms with Gasteiger partial charge in [-0.05, 0) is 68.6 Å². The first kappa shape index (κ1) is 24.1. The molecule has 0 N–H and O–H groups in total. The lowest BCUT2D eigenvalue weighted by Gasteiger charge is -2.43. The Balaban J connectivity index is 2.94. The van der Waals surface area contributed by atoms with Crippen LogP contribution in [0, 0.1) is 6.92 Å². The molecule has 0 atom stereocenters. The van der Waals surface area contributed by atoms with Crippen LogP contribution in [0.15, 0.2) is 36.4 Å². The monoisotopic (exact) mass is 409 g/mol. The molecule has 1 heteroatoms. The summed E-state index contributed by atoms with van der Waals surface area (Å²) in [6.45, 7) is 28.0. The standard InChI is InChI=1S/C28H42P/c1-12-21-17-23(19(2)3)26(24(18-21)20(4)5)22-15-13-14-16-25(22)29(27(6,7)8)28(9,10)11/h13-20H,1,12H2,2-11H3. The minimum absolute atomic E-state index is 0.243. The van der Waals surface area contributed by atoms with Crippen LogP contribution in [0.3, 0.4) is 0 Å². The maximum Gasteiger partial charge on any atom is -0.0101 e. The predicted molar refractivity (Wildman–Crippen MR) is 135 cm³/mol. The molecule has 0 unspecified atom stereocenters. The fourth-order valence-electron chi connectivity index (χ4n) is 4.73. The third-order valence-corrected chi connectivity index (χ3v) is 9.10. The second-order valence-electron chi connectivity index (χ2n) is 10.9. The SMILES string of the molecule is [CH2]Cc1cc(C(C)C)c(-c2ccccc2P(C(C)(C)C)C(C)(C)C)c(C(C)C)c1. The molecule has 0 aromatic heterocycles. The molecule has 0 aliphatic rings. The highest BCUT2D eigenvalue weighted by molar-refractivity contribution is 7.68. The Hall–Kier alpha value is -1.13. The van der Waals surface area contributed by atoms with E-state index in [1.807, 2.05) is 0 Å². The molecule has 2 aromatic rings. The second-order valence-corrected chi connectivity index (χ2v) is 14.7. The minimum Gasteiger partial charge on any atom is -0.0636 e. The highest BCUT2D eigenvalue weighted by Crippen LogP contribution is 2.59. The molecule has 29 heavy (non-hydrogen) atoms. The van der Waals surface area contributed by atoms with Crippen LogP contribution in [0.1, 0.15) is 97.8 Å². The zero-order valence-corrected chi connectivity index (χ0v) is 21.4. The molecule has 2 aromatic carbocycles. The van der Waals surface area contributed by atoms with Crippen LogP contribution in [0.4, 0.5) is 0 Å². The van der Waals surface area contributed by atoms with E-state index in [-0.39, 0.29) is 18.2 Å². The van der Waals surface area contributed by atoms with Gasteiger partial charge in [0.2, 0.25) is 0 Å². The van der Waals surface area contributed by atoms with Gasteiger partial charge in [0, 0.05) is 0 Å². The average molecular weight is 410 g/mol. The summed E-state index contributed by atoms with van der Waals surface area (Å²) < 4.78 is 0. The van der Waals surface area contributed by atoms with Crippen LogP contribution in [-0.2, 0) is 6.42 Å². The lowest BCUT2D eigenvalue weighted by atomic mass is 9.83. The minimum atomic E-state index is -0.369. The molecule has 159 valence electrons. The lowest BCUT2D eigenvalue weighted by molar-refractivity contribution is 0.715. The third kappa shape index (κ3) is 5.32. The van der Waals surface area contributed by atoms with E-state index in [1.165, 1.54) is 27.8 Å². The zero-order chi connectivity index (χ0) is 22.1. The number of benzene rings is 2. The first-order valence-electron chi connectivity index (χ1n) is 11.1. The van der Waals surface area contributed by atoms with Gasteiger partial charge in [0.1, 0.15) is 0 Å². The fourth-order valence-corrected chi connectivity index (χ4v) is 8.85. The quantitative estimate of drug-likeness (QED) is 0.433. The van der Waals surface area contributed by atoms with Crippen LogP contribution in [0.2, 0.25) is 0 Å². The normalized spacial score (nSPS) is 13.0. The van der Waals surface area contributed by atoms with E-state index >= 15 is 0 Å².